The number of aliphatic hydroxyl groups excluding tert-OH is 1. The molecule has 3 rings (SSSR count). The van der Waals surface area contributed by atoms with Crippen LogP contribution in [0.5, 0.6) is 17.2 Å². The molecule has 4 N–H and O–H groups in total. The quantitative estimate of drug-likeness (QED) is 0.249. The lowest BCUT2D eigenvalue weighted by Crippen LogP contribution is -2.35. The second-order valence-corrected chi connectivity index (χ2v) is 11.0. The minimum absolute atomic E-state index is 0.0890. The first kappa shape index (κ1) is 28.3. The van der Waals surface area contributed by atoms with Crippen LogP contribution in [0.3, 0.4) is 0 Å². The fourth-order valence-electron chi connectivity index (χ4n) is 4.25. The van der Waals surface area contributed by atoms with Crippen LogP contribution in [0, 0.1) is 0 Å². The van der Waals surface area contributed by atoms with Crippen LogP contribution < -0.4 is 19.5 Å². The first-order valence-corrected chi connectivity index (χ1v) is 14.0. The fraction of sp³-hybridized carbons (Fsp3) is 0.357. The zero-order valence-corrected chi connectivity index (χ0v) is 22.5. The van der Waals surface area contributed by atoms with Gasteiger partial charge in [-0.25, -0.2) is 8.42 Å². The Morgan fingerprint density at radius 2 is 1.43 bits per heavy atom. The maximum absolute atomic E-state index is 11.5. The summed E-state index contributed by atoms with van der Waals surface area (Å²) in [5.74, 6) is 1.56. The van der Waals surface area contributed by atoms with Crippen molar-refractivity contribution in [2.45, 2.75) is 37.8 Å². The predicted octanol–water partition coefficient (Wildman–Crippen LogP) is 3.88. The van der Waals surface area contributed by atoms with Gasteiger partial charge in [0.1, 0.15) is 17.2 Å². The Labute approximate surface area is 219 Å². The molecule has 8 nitrogen and oxygen atoms in total. The van der Waals surface area contributed by atoms with Crippen LogP contribution in [0.4, 0.5) is 5.69 Å². The molecule has 0 spiro atoms. The van der Waals surface area contributed by atoms with Crippen molar-refractivity contribution in [3.63, 3.8) is 0 Å². The summed E-state index contributed by atoms with van der Waals surface area (Å²) in [6.45, 7) is 2.44. The largest absolute Gasteiger partial charge is 0.506 e. The van der Waals surface area contributed by atoms with E-state index in [1.807, 2.05) is 24.3 Å². The first-order valence-electron chi connectivity index (χ1n) is 12.1. The molecule has 0 fully saturated rings. The van der Waals surface area contributed by atoms with Gasteiger partial charge in [0.05, 0.1) is 32.3 Å². The molecule has 3 aromatic carbocycles. The summed E-state index contributed by atoms with van der Waals surface area (Å²) >= 11 is 0. The highest BCUT2D eigenvalue weighted by atomic mass is 32.2. The van der Waals surface area contributed by atoms with Crippen molar-refractivity contribution in [2.24, 2.45) is 0 Å². The average molecular weight is 529 g/mol. The number of aliphatic hydroxyl groups is 1. The molecule has 37 heavy (non-hydrogen) atoms. The van der Waals surface area contributed by atoms with Gasteiger partial charge in [0.25, 0.3) is 0 Å². The highest BCUT2D eigenvalue weighted by Crippen LogP contribution is 2.32. The molecule has 0 aliphatic heterocycles. The second-order valence-electron chi connectivity index (χ2n) is 9.23. The normalized spacial score (nSPS) is 13.2. The average Bonchev–Trinajstić information content (AvgIpc) is 2.87. The van der Waals surface area contributed by atoms with Crippen LogP contribution >= 0.6 is 0 Å². The number of hydrogen-bond donors (Lipinski definition) is 4. The molecule has 2 atom stereocenters. The lowest BCUT2D eigenvalue weighted by Gasteiger charge is -2.24. The Morgan fingerprint density at radius 3 is 1.92 bits per heavy atom. The molecule has 9 heteroatoms. The van der Waals surface area contributed by atoms with Crippen LogP contribution in [0.2, 0.25) is 0 Å². The zero-order valence-electron chi connectivity index (χ0n) is 21.6. The van der Waals surface area contributed by atoms with E-state index in [4.69, 9.17) is 9.47 Å². The van der Waals surface area contributed by atoms with E-state index in [0.717, 1.165) is 35.3 Å². The molecule has 0 radical (unpaired) electrons. The van der Waals surface area contributed by atoms with Gasteiger partial charge >= 0.3 is 0 Å². The molecule has 0 amide bonds. The Bertz CT molecular complexity index is 1200. The number of rotatable bonds is 13. The Kier molecular flexibility index (Phi) is 9.79. The predicted molar refractivity (Wildman–Crippen MR) is 146 cm³/mol. The number of sulfonamides is 1. The molecule has 0 saturated heterocycles. The van der Waals surface area contributed by atoms with E-state index in [2.05, 4.69) is 41.2 Å². The van der Waals surface area contributed by atoms with Crippen molar-refractivity contribution in [3.8, 4) is 17.2 Å². The number of hydrogen-bond acceptors (Lipinski definition) is 7. The highest BCUT2D eigenvalue weighted by Gasteiger charge is 2.19. The topological polar surface area (TPSA) is 117 Å². The van der Waals surface area contributed by atoms with E-state index in [0.29, 0.717) is 18.5 Å². The van der Waals surface area contributed by atoms with Gasteiger partial charge in [0, 0.05) is 18.5 Å². The summed E-state index contributed by atoms with van der Waals surface area (Å²) in [5, 5.41) is 24.0. The van der Waals surface area contributed by atoms with E-state index in [1.165, 1.54) is 12.1 Å². The third-order valence-corrected chi connectivity index (χ3v) is 6.75. The molecule has 0 aromatic heterocycles. The van der Waals surface area contributed by atoms with Crippen molar-refractivity contribution in [1.29, 1.82) is 0 Å². The van der Waals surface area contributed by atoms with Gasteiger partial charge in [-0.3, -0.25) is 4.72 Å². The van der Waals surface area contributed by atoms with Crippen molar-refractivity contribution >= 4 is 15.7 Å². The minimum atomic E-state index is -3.53. The van der Waals surface area contributed by atoms with Crippen molar-refractivity contribution < 1.29 is 28.1 Å². The molecular weight excluding hydrogens is 492 g/mol. The molecule has 3 aromatic rings. The van der Waals surface area contributed by atoms with Crippen LogP contribution in [-0.4, -0.2) is 57.8 Å². The summed E-state index contributed by atoms with van der Waals surface area (Å²) in [7, 11) is -0.236. The number of anilines is 1. The van der Waals surface area contributed by atoms with E-state index >= 15 is 0 Å². The molecule has 0 bridgehead atoms. The highest BCUT2D eigenvalue weighted by molar-refractivity contribution is 7.92. The van der Waals surface area contributed by atoms with Crippen molar-refractivity contribution in [1.82, 2.24) is 5.32 Å². The standard InChI is InChI=1S/C28H36N2O6S/c1-19(29-18-23(31)16-20-5-14-28(32)27(17-20)30-37(4,33)34)15-26(21-6-10-24(35-2)11-7-21)22-8-12-25(36-3)13-9-22/h5-14,17,19,23,26,29-32H,15-16,18H2,1-4H3/t19-,23+/m0/s1. The van der Waals surface area contributed by atoms with E-state index < -0.39 is 16.1 Å². The number of phenols is 1. The number of methoxy groups -OCH3 is 2. The van der Waals surface area contributed by atoms with Crippen LogP contribution in [-0.2, 0) is 16.4 Å². The molecule has 0 aliphatic carbocycles. The van der Waals surface area contributed by atoms with Gasteiger partial charge in [-0.05, 0) is 72.9 Å². The number of phenolic OH excluding ortho intramolecular Hbond substituents is 1. The maximum Gasteiger partial charge on any atom is 0.229 e. The number of ether oxygens (including phenoxy) is 2. The third kappa shape index (κ3) is 8.66. The van der Waals surface area contributed by atoms with Gasteiger partial charge in [-0.2, -0.15) is 0 Å². The van der Waals surface area contributed by atoms with E-state index in [9.17, 15) is 18.6 Å². The summed E-state index contributed by atoms with van der Waals surface area (Å²) < 4.78 is 36.0. The lowest BCUT2D eigenvalue weighted by atomic mass is 9.86. The van der Waals surface area contributed by atoms with Gasteiger partial charge in [0.15, 0.2) is 0 Å². The van der Waals surface area contributed by atoms with Crippen molar-refractivity contribution in [3.05, 3.63) is 83.4 Å². The smallest absolute Gasteiger partial charge is 0.229 e. The van der Waals surface area contributed by atoms with Crippen LogP contribution in [0.1, 0.15) is 36.0 Å². The fourth-order valence-corrected chi connectivity index (χ4v) is 4.81. The zero-order chi connectivity index (χ0) is 27.0. The van der Waals surface area contributed by atoms with Crippen LogP contribution in [0.15, 0.2) is 66.7 Å². The summed E-state index contributed by atoms with van der Waals surface area (Å²) in [6.07, 6.45) is 1.43. The van der Waals surface area contributed by atoms with Crippen LogP contribution in [0.25, 0.3) is 0 Å². The van der Waals surface area contributed by atoms with E-state index in [1.54, 1.807) is 20.3 Å². The number of benzene rings is 3. The third-order valence-electron chi connectivity index (χ3n) is 6.16. The lowest BCUT2D eigenvalue weighted by molar-refractivity contribution is 0.167. The van der Waals surface area contributed by atoms with Crippen molar-refractivity contribution in [2.75, 3.05) is 31.7 Å². The number of aromatic hydroxyl groups is 1. The van der Waals surface area contributed by atoms with E-state index in [-0.39, 0.29) is 23.4 Å². The Morgan fingerprint density at radius 1 is 0.892 bits per heavy atom. The van der Waals surface area contributed by atoms with Gasteiger partial charge in [-0.1, -0.05) is 30.3 Å². The monoisotopic (exact) mass is 528 g/mol. The summed E-state index contributed by atoms with van der Waals surface area (Å²) in [6, 6.07) is 20.8. The van der Waals surface area contributed by atoms with Gasteiger partial charge < -0.3 is 25.0 Å². The first-order chi connectivity index (χ1) is 17.6. The molecule has 0 aliphatic rings. The minimum Gasteiger partial charge on any atom is -0.506 e. The second kappa shape index (κ2) is 12.8. The van der Waals surface area contributed by atoms with Gasteiger partial charge in [0.2, 0.25) is 10.0 Å². The molecule has 0 unspecified atom stereocenters. The number of nitrogens with one attached hydrogen (secondary N) is 2. The molecular formula is C28H36N2O6S. The summed E-state index contributed by atoms with van der Waals surface area (Å²) in [4.78, 5) is 0. The van der Waals surface area contributed by atoms with Gasteiger partial charge in [-0.15, -0.1) is 0 Å². The SMILES string of the molecule is COc1ccc(C(C[C@H](C)NC[C@H](O)Cc2ccc(O)c(NS(C)(=O)=O)c2)c2ccc(OC)cc2)cc1. The maximum atomic E-state index is 11.5. The Hall–Kier alpha value is -3.27. The Balaban J connectivity index is 1.65. The molecule has 0 heterocycles. The summed E-state index contributed by atoms with van der Waals surface area (Å²) in [5.41, 5.74) is 3.13. The molecule has 0 saturated carbocycles. The molecule has 200 valence electrons.